The Morgan fingerprint density at radius 2 is 2.29 bits per heavy atom. The second-order valence-electron chi connectivity index (χ2n) is 3.09. The molecule has 0 amide bonds. The Morgan fingerprint density at radius 1 is 1.50 bits per heavy atom. The molecule has 0 unspecified atom stereocenters. The van der Waals surface area contributed by atoms with Gasteiger partial charge in [-0.1, -0.05) is 17.7 Å². The van der Waals surface area contributed by atoms with Gasteiger partial charge in [-0.25, -0.2) is 0 Å². The summed E-state index contributed by atoms with van der Waals surface area (Å²) in [6, 6.07) is 3.28. The quantitative estimate of drug-likeness (QED) is 0.772. The number of rotatable bonds is 1. The molecule has 1 aromatic carbocycles. The standard InChI is InChI=1S/C10H9ClO3/c11-7-2-1-6(5-12)10-9(7)8(13)3-4-14-10/h1-2,12H,3-5H2. The van der Waals surface area contributed by atoms with Gasteiger partial charge in [0.15, 0.2) is 5.78 Å². The van der Waals surface area contributed by atoms with Gasteiger partial charge in [0.05, 0.1) is 23.8 Å². The van der Waals surface area contributed by atoms with E-state index in [1.807, 2.05) is 0 Å². The molecule has 0 aromatic heterocycles. The number of fused-ring (bicyclic) bond motifs is 1. The van der Waals surface area contributed by atoms with Crippen LogP contribution in [0, 0.1) is 0 Å². The van der Waals surface area contributed by atoms with Crippen molar-refractivity contribution in [3.63, 3.8) is 0 Å². The number of halogens is 1. The number of carbonyl (C=O) groups is 1. The first-order chi connectivity index (χ1) is 6.74. The van der Waals surface area contributed by atoms with Crippen LogP contribution in [0.3, 0.4) is 0 Å². The molecule has 0 radical (unpaired) electrons. The average molecular weight is 213 g/mol. The van der Waals surface area contributed by atoms with Gasteiger partial charge in [-0.2, -0.15) is 0 Å². The van der Waals surface area contributed by atoms with Crippen LogP contribution in [0.2, 0.25) is 5.02 Å². The topological polar surface area (TPSA) is 46.5 Å². The van der Waals surface area contributed by atoms with Crippen molar-refractivity contribution < 1.29 is 14.6 Å². The highest BCUT2D eigenvalue weighted by Crippen LogP contribution is 2.34. The Balaban J connectivity index is 2.63. The SMILES string of the molecule is O=C1CCOc2c(CO)ccc(Cl)c21. The molecule has 74 valence electrons. The molecule has 0 bridgehead atoms. The lowest BCUT2D eigenvalue weighted by Crippen LogP contribution is -2.17. The predicted octanol–water partition coefficient (Wildman–Crippen LogP) is 1.80. The third-order valence-corrected chi connectivity index (χ3v) is 2.53. The first kappa shape index (κ1) is 9.49. The number of ketones is 1. The van der Waals surface area contributed by atoms with E-state index >= 15 is 0 Å². The van der Waals surface area contributed by atoms with Crippen LogP contribution < -0.4 is 4.74 Å². The summed E-state index contributed by atoms with van der Waals surface area (Å²) < 4.78 is 5.33. The third-order valence-electron chi connectivity index (χ3n) is 2.21. The normalized spacial score (nSPS) is 14.9. The molecular weight excluding hydrogens is 204 g/mol. The van der Waals surface area contributed by atoms with Gasteiger partial charge >= 0.3 is 0 Å². The predicted molar refractivity (Wildman–Crippen MR) is 51.8 cm³/mol. The second-order valence-corrected chi connectivity index (χ2v) is 3.50. The van der Waals surface area contributed by atoms with E-state index in [0.29, 0.717) is 34.9 Å². The molecule has 0 saturated heterocycles. The Kier molecular flexibility index (Phi) is 2.44. The van der Waals surface area contributed by atoms with Gasteiger partial charge in [-0.15, -0.1) is 0 Å². The van der Waals surface area contributed by atoms with Crippen LogP contribution >= 0.6 is 11.6 Å². The number of Topliss-reactive ketones (excluding diaryl/α,β-unsaturated/α-hetero) is 1. The zero-order chi connectivity index (χ0) is 10.1. The summed E-state index contributed by atoms with van der Waals surface area (Å²) in [5, 5.41) is 9.43. The molecule has 3 nitrogen and oxygen atoms in total. The van der Waals surface area contributed by atoms with Crippen LogP contribution in [0.25, 0.3) is 0 Å². The van der Waals surface area contributed by atoms with E-state index in [0.717, 1.165) is 0 Å². The van der Waals surface area contributed by atoms with Gasteiger partial charge in [-0.05, 0) is 6.07 Å². The van der Waals surface area contributed by atoms with Gasteiger partial charge < -0.3 is 9.84 Å². The van der Waals surface area contributed by atoms with E-state index < -0.39 is 0 Å². The van der Waals surface area contributed by atoms with Crippen molar-refractivity contribution in [1.82, 2.24) is 0 Å². The summed E-state index contributed by atoms with van der Waals surface area (Å²) in [5.74, 6) is 0.419. The summed E-state index contributed by atoms with van der Waals surface area (Å²) >= 11 is 5.88. The minimum Gasteiger partial charge on any atom is -0.492 e. The van der Waals surface area contributed by atoms with Crippen molar-refractivity contribution in [2.24, 2.45) is 0 Å². The molecular formula is C10H9ClO3. The molecule has 1 aromatic rings. The van der Waals surface area contributed by atoms with Crippen LogP contribution in [0.4, 0.5) is 0 Å². The van der Waals surface area contributed by atoms with Crippen molar-refractivity contribution >= 4 is 17.4 Å². The summed E-state index contributed by atoms with van der Waals surface area (Å²) in [6.45, 7) is 0.214. The highest BCUT2D eigenvalue weighted by atomic mass is 35.5. The van der Waals surface area contributed by atoms with Crippen LogP contribution in [-0.2, 0) is 6.61 Å². The number of benzene rings is 1. The summed E-state index contributed by atoms with van der Waals surface area (Å²) in [5.41, 5.74) is 1.02. The maximum atomic E-state index is 11.5. The van der Waals surface area contributed by atoms with Gasteiger partial charge in [0.2, 0.25) is 0 Å². The van der Waals surface area contributed by atoms with Crippen molar-refractivity contribution in [2.75, 3.05) is 6.61 Å². The van der Waals surface area contributed by atoms with Crippen molar-refractivity contribution in [3.8, 4) is 5.75 Å². The van der Waals surface area contributed by atoms with Gasteiger partial charge in [0.1, 0.15) is 5.75 Å². The molecule has 1 N–H and O–H groups in total. The third kappa shape index (κ3) is 1.38. The highest BCUT2D eigenvalue weighted by Gasteiger charge is 2.23. The molecule has 0 spiro atoms. The molecule has 1 aliphatic rings. The monoisotopic (exact) mass is 212 g/mol. The zero-order valence-corrected chi connectivity index (χ0v) is 8.17. The highest BCUT2D eigenvalue weighted by molar-refractivity contribution is 6.34. The number of carbonyl (C=O) groups excluding carboxylic acids is 1. The molecule has 0 atom stereocenters. The first-order valence-electron chi connectivity index (χ1n) is 4.32. The molecule has 2 rings (SSSR count). The Bertz CT molecular complexity index is 387. The number of ether oxygens (including phenoxy) is 1. The molecule has 0 fully saturated rings. The molecule has 0 saturated carbocycles. The largest absolute Gasteiger partial charge is 0.492 e. The van der Waals surface area contributed by atoms with E-state index in [9.17, 15) is 4.79 Å². The fourth-order valence-electron chi connectivity index (χ4n) is 1.52. The van der Waals surface area contributed by atoms with E-state index in [1.54, 1.807) is 12.1 Å². The van der Waals surface area contributed by atoms with E-state index in [2.05, 4.69) is 0 Å². The first-order valence-corrected chi connectivity index (χ1v) is 4.70. The smallest absolute Gasteiger partial charge is 0.171 e. The van der Waals surface area contributed by atoms with E-state index in [-0.39, 0.29) is 12.4 Å². The van der Waals surface area contributed by atoms with E-state index in [4.69, 9.17) is 21.4 Å². The summed E-state index contributed by atoms with van der Waals surface area (Å²) in [6.07, 6.45) is 0.349. The van der Waals surface area contributed by atoms with Crippen molar-refractivity contribution in [3.05, 3.63) is 28.3 Å². The Hall–Kier alpha value is -1.06. The van der Waals surface area contributed by atoms with Crippen LogP contribution in [0.5, 0.6) is 5.75 Å². The van der Waals surface area contributed by atoms with Crippen molar-refractivity contribution in [1.29, 1.82) is 0 Å². The van der Waals surface area contributed by atoms with Gasteiger partial charge in [-0.3, -0.25) is 4.79 Å². The number of hydrogen-bond acceptors (Lipinski definition) is 3. The van der Waals surface area contributed by atoms with Gasteiger partial charge in [0.25, 0.3) is 0 Å². The molecule has 14 heavy (non-hydrogen) atoms. The molecule has 1 heterocycles. The lowest BCUT2D eigenvalue weighted by molar-refractivity contribution is 0.0931. The summed E-state index contributed by atoms with van der Waals surface area (Å²) in [4.78, 5) is 11.5. The van der Waals surface area contributed by atoms with Crippen LogP contribution in [0.15, 0.2) is 12.1 Å². The van der Waals surface area contributed by atoms with Crippen LogP contribution in [-0.4, -0.2) is 17.5 Å². The Labute approximate surface area is 86.3 Å². The Morgan fingerprint density at radius 3 is 3.00 bits per heavy atom. The lowest BCUT2D eigenvalue weighted by atomic mass is 10.0. The lowest BCUT2D eigenvalue weighted by Gasteiger charge is -2.19. The molecule has 4 heteroatoms. The number of aliphatic hydroxyl groups is 1. The summed E-state index contributed by atoms with van der Waals surface area (Å²) in [7, 11) is 0. The number of aliphatic hydroxyl groups excluding tert-OH is 1. The molecule has 1 aliphatic heterocycles. The minimum absolute atomic E-state index is 0.0217. The minimum atomic E-state index is -0.146. The zero-order valence-electron chi connectivity index (χ0n) is 7.42. The fourth-order valence-corrected chi connectivity index (χ4v) is 1.78. The molecule has 0 aliphatic carbocycles. The second kappa shape index (κ2) is 3.59. The van der Waals surface area contributed by atoms with Gasteiger partial charge in [0, 0.05) is 12.0 Å². The van der Waals surface area contributed by atoms with E-state index in [1.165, 1.54) is 0 Å². The number of hydrogen-bond donors (Lipinski definition) is 1. The van der Waals surface area contributed by atoms with Crippen LogP contribution in [0.1, 0.15) is 22.3 Å². The fraction of sp³-hybridized carbons (Fsp3) is 0.300. The average Bonchev–Trinajstić information content (AvgIpc) is 2.18. The van der Waals surface area contributed by atoms with Crippen molar-refractivity contribution in [2.45, 2.75) is 13.0 Å². The maximum absolute atomic E-state index is 11.5. The maximum Gasteiger partial charge on any atom is 0.171 e.